The van der Waals surface area contributed by atoms with Crippen LogP contribution in [0.2, 0.25) is 0 Å². The summed E-state index contributed by atoms with van der Waals surface area (Å²) in [5.41, 5.74) is 6.51. The lowest BCUT2D eigenvalue weighted by Crippen LogP contribution is -2.33. The number of aromatic nitrogens is 4. The molecule has 0 amide bonds. The topological polar surface area (TPSA) is 183 Å². The standard InChI is InChI=1S/C16H16N6O6S/c17-13-10-14(21(6-18-10)15-12(25)11(24)9(5-23)28-15)20-16(19-13)29-8-3-1-7(2-4-8)22(26)27/h1-4,6,9,11-12,15,23-25H,5H2,(H2,17,19,20)/t9-,11-,12-,15-/m1/s1. The van der Waals surface area contributed by atoms with Crippen molar-refractivity contribution >= 4 is 34.4 Å². The smallest absolute Gasteiger partial charge is 0.269 e. The van der Waals surface area contributed by atoms with Crippen LogP contribution in [0.25, 0.3) is 11.2 Å². The number of hydrogen-bond donors (Lipinski definition) is 4. The highest BCUT2D eigenvalue weighted by atomic mass is 32.2. The number of rotatable bonds is 5. The first-order valence-corrected chi connectivity index (χ1v) is 9.25. The Bertz CT molecular complexity index is 1060. The number of nitrogens with zero attached hydrogens (tertiary/aromatic N) is 5. The quantitative estimate of drug-likeness (QED) is 0.249. The van der Waals surface area contributed by atoms with Gasteiger partial charge in [0, 0.05) is 17.0 Å². The first-order valence-electron chi connectivity index (χ1n) is 8.44. The Morgan fingerprint density at radius 2 is 1.97 bits per heavy atom. The summed E-state index contributed by atoms with van der Waals surface area (Å²) in [6.07, 6.45) is -3.17. The zero-order valence-electron chi connectivity index (χ0n) is 14.7. The van der Waals surface area contributed by atoms with Crippen molar-refractivity contribution in [2.75, 3.05) is 12.3 Å². The highest BCUT2D eigenvalue weighted by Crippen LogP contribution is 2.34. The molecule has 3 aromatic rings. The summed E-state index contributed by atoms with van der Waals surface area (Å²) < 4.78 is 6.94. The van der Waals surface area contributed by atoms with Crippen molar-refractivity contribution in [2.24, 2.45) is 0 Å². The monoisotopic (exact) mass is 420 g/mol. The summed E-state index contributed by atoms with van der Waals surface area (Å²) in [4.78, 5) is 23.7. The zero-order chi connectivity index (χ0) is 20.7. The first-order chi connectivity index (χ1) is 13.9. The molecule has 0 spiro atoms. The van der Waals surface area contributed by atoms with Gasteiger partial charge < -0.3 is 25.8 Å². The molecule has 5 N–H and O–H groups in total. The summed E-state index contributed by atoms with van der Waals surface area (Å²) in [7, 11) is 0. The predicted octanol–water partition coefficient (Wildman–Crippen LogP) is 0.0794. The van der Waals surface area contributed by atoms with E-state index in [4.69, 9.17) is 10.5 Å². The van der Waals surface area contributed by atoms with E-state index in [1.165, 1.54) is 23.0 Å². The lowest BCUT2D eigenvalue weighted by atomic mass is 10.1. The summed E-state index contributed by atoms with van der Waals surface area (Å²) in [5, 5.41) is 40.6. The Labute approximate surface area is 167 Å². The number of fused-ring (bicyclic) bond motifs is 1. The van der Waals surface area contributed by atoms with Crippen molar-refractivity contribution in [1.29, 1.82) is 0 Å². The van der Waals surface area contributed by atoms with Crippen LogP contribution in [-0.4, -0.2) is 64.7 Å². The Morgan fingerprint density at radius 3 is 2.59 bits per heavy atom. The summed E-state index contributed by atoms with van der Waals surface area (Å²) in [6.45, 7) is -0.459. The molecule has 2 aromatic heterocycles. The van der Waals surface area contributed by atoms with E-state index in [0.717, 1.165) is 11.8 Å². The van der Waals surface area contributed by atoms with E-state index in [1.807, 2.05) is 0 Å². The van der Waals surface area contributed by atoms with Crippen molar-refractivity contribution in [1.82, 2.24) is 19.5 Å². The normalized spacial score (nSPS) is 24.2. The molecular formula is C16H16N6O6S. The van der Waals surface area contributed by atoms with Crippen molar-refractivity contribution in [3.8, 4) is 0 Å². The molecule has 0 bridgehead atoms. The molecule has 1 aromatic carbocycles. The van der Waals surface area contributed by atoms with Crippen LogP contribution in [0.3, 0.4) is 0 Å². The van der Waals surface area contributed by atoms with Gasteiger partial charge in [0.2, 0.25) is 0 Å². The van der Waals surface area contributed by atoms with Gasteiger partial charge in [0.15, 0.2) is 22.8 Å². The SMILES string of the molecule is Nc1nc(Sc2ccc([N+](=O)[O-])cc2)nc2c1ncn2[C@@H]1O[C@H](CO)[C@@H](O)[C@H]1O. The molecule has 4 rings (SSSR count). The van der Waals surface area contributed by atoms with Gasteiger partial charge in [-0.1, -0.05) is 0 Å². The number of nitro groups is 1. The van der Waals surface area contributed by atoms with E-state index < -0.39 is 36.1 Å². The largest absolute Gasteiger partial charge is 0.394 e. The maximum absolute atomic E-state index is 10.8. The molecule has 1 aliphatic heterocycles. The van der Waals surface area contributed by atoms with Crippen LogP contribution >= 0.6 is 11.8 Å². The van der Waals surface area contributed by atoms with E-state index in [2.05, 4.69) is 15.0 Å². The number of non-ortho nitro benzene ring substituents is 1. The maximum Gasteiger partial charge on any atom is 0.269 e. The van der Waals surface area contributed by atoms with Crippen LogP contribution in [0.4, 0.5) is 11.5 Å². The molecule has 1 aliphatic rings. The van der Waals surface area contributed by atoms with Crippen LogP contribution in [0, 0.1) is 10.1 Å². The molecule has 29 heavy (non-hydrogen) atoms. The molecule has 0 aliphatic carbocycles. The number of aliphatic hydroxyl groups excluding tert-OH is 3. The van der Waals surface area contributed by atoms with Gasteiger partial charge in [-0.2, -0.15) is 0 Å². The van der Waals surface area contributed by atoms with E-state index in [1.54, 1.807) is 12.1 Å². The summed E-state index contributed by atoms with van der Waals surface area (Å²) in [5.74, 6) is 0.102. The number of nitrogens with two attached hydrogens (primary N) is 1. The fourth-order valence-electron chi connectivity index (χ4n) is 3.00. The number of benzene rings is 1. The Morgan fingerprint density at radius 1 is 1.24 bits per heavy atom. The minimum absolute atomic E-state index is 0.0346. The molecule has 1 fully saturated rings. The molecule has 13 heteroatoms. The zero-order valence-corrected chi connectivity index (χ0v) is 15.5. The molecule has 0 unspecified atom stereocenters. The summed E-state index contributed by atoms with van der Waals surface area (Å²) in [6, 6.07) is 5.87. The van der Waals surface area contributed by atoms with Gasteiger partial charge in [-0.25, -0.2) is 15.0 Å². The Balaban J connectivity index is 1.67. The summed E-state index contributed by atoms with van der Waals surface area (Å²) >= 11 is 1.14. The van der Waals surface area contributed by atoms with Crippen molar-refractivity contribution in [3.63, 3.8) is 0 Å². The highest BCUT2D eigenvalue weighted by molar-refractivity contribution is 7.99. The van der Waals surface area contributed by atoms with Gasteiger partial charge in [0.1, 0.15) is 23.8 Å². The number of nitrogen functional groups attached to an aromatic ring is 1. The van der Waals surface area contributed by atoms with Gasteiger partial charge in [0.05, 0.1) is 17.9 Å². The molecule has 152 valence electrons. The molecule has 12 nitrogen and oxygen atoms in total. The van der Waals surface area contributed by atoms with E-state index in [-0.39, 0.29) is 27.8 Å². The van der Waals surface area contributed by atoms with Crippen LogP contribution in [0.15, 0.2) is 40.6 Å². The fraction of sp³-hybridized carbons (Fsp3) is 0.312. The van der Waals surface area contributed by atoms with Crippen molar-refractivity contribution in [2.45, 2.75) is 34.6 Å². The van der Waals surface area contributed by atoms with Gasteiger partial charge in [-0.3, -0.25) is 14.7 Å². The van der Waals surface area contributed by atoms with Crippen molar-refractivity contribution < 1.29 is 25.0 Å². The fourth-order valence-corrected chi connectivity index (χ4v) is 3.76. The highest BCUT2D eigenvalue weighted by Gasteiger charge is 2.44. The van der Waals surface area contributed by atoms with Gasteiger partial charge >= 0.3 is 0 Å². The molecule has 4 atom stereocenters. The van der Waals surface area contributed by atoms with Crippen LogP contribution in [0.5, 0.6) is 0 Å². The van der Waals surface area contributed by atoms with Gasteiger partial charge in [-0.15, -0.1) is 0 Å². The lowest BCUT2D eigenvalue weighted by molar-refractivity contribution is -0.384. The molecular weight excluding hydrogens is 404 g/mol. The van der Waals surface area contributed by atoms with E-state index in [0.29, 0.717) is 4.90 Å². The number of aliphatic hydroxyl groups is 3. The second-order valence-electron chi connectivity index (χ2n) is 6.30. The second-order valence-corrected chi connectivity index (χ2v) is 7.34. The second kappa shape index (κ2) is 7.53. The third-order valence-electron chi connectivity index (χ3n) is 4.48. The van der Waals surface area contributed by atoms with Crippen molar-refractivity contribution in [3.05, 3.63) is 40.7 Å². The molecule has 0 radical (unpaired) electrons. The minimum Gasteiger partial charge on any atom is -0.394 e. The third-order valence-corrected chi connectivity index (χ3v) is 5.35. The number of hydrogen-bond acceptors (Lipinski definition) is 11. The lowest BCUT2D eigenvalue weighted by Gasteiger charge is -2.16. The Hall–Kier alpha value is -2.84. The number of imidazole rings is 1. The first kappa shape index (κ1) is 19.5. The average molecular weight is 420 g/mol. The maximum atomic E-state index is 10.8. The predicted molar refractivity (Wildman–Crippen MR) is 100.0 cm³/mol. The number of anilines is 1. The molecule has 1 saturated heterocycles. The van der Waals surface area contributed by atoms with E-state index in [9.17, 15) is 25.4 Å². The third kappa shape index (κ3) is 3.49. The number of nitro benzene ring substituents is 1. The molecule has 3 heterocycles. The van der Waals surface area contributed by atoms with E-state index >= 15 is 0 Å². The number of ether oxygens (including phenoxy) is 1. The molecule has 0 saturated carbocycles. The van der Waals surface area contributed by atoms with Gasteiger partial charge in [-0.05, 0) is 23.9 Å². The van der Waals surface area contributed by atoms with Crippen LogP contribution < -0.4 is 5.73 Å². The Kier molecular flexibility index (Phi) is 5.06. The van der Waals surface area contributed by atoms with Crippen LogP contribution in [-0.2, 0) is 4.74 Å². The van der Waals surface area contributed by atoms with Crippen LogP contribution in [0.1, 0.15) is 6.23 Å². The van der Waals surface area contributed by atoms with Gasteiger partial charge in [0.25, 0.3) is 5.69 Å². The average Bonchev–Trinajstić information content (AvgIpc) is 3.24. The minimum atomic E-state index is -1.30.